The first-order valence-electron chi connectivity index (χ1n) is 6.59. The molecule has 0 radical (unpaired) electrons. The average molecular weight is 230 g/mol. The summed E-state index contributed by atoms with van der Waals surface area (Å²) in [6.45, 7) is 6.66. The molecule has 0 unspecified atom stereocenters. The highest BCUT2D eigenvalue weighted by atomic mass is 15.1. The van der Waals surface area contributed by atoms with E-state index in [0.29, 0.717) is 17.3 Å². The third-order valence-electron chi connectivity index (χ3n) is 4.89. The van der Waals surface area contributed by atoms with Crippen LogP contribution in [0.1, 0.15) is 30.9 Å². The molecule has 17 heavy (non-hydrogen) atoms. The zero-order valence-electron chi connectivity index (χ0n) is 11.0. The summed E-state index contributed by atoms with van der Waals surface area (Å²) in [6, 6.07) is 7.02. The van der Waals surface area contributed by atoms with E-state index in [1.54, 1.807) is 0 Å². The Balaban J connectivity index is 1.92. The van der Waals surface area contributed by atoms with Crippen LogP contribution in [0.4, 0.5) is 5.69 Å². The van der Waals surface area contributed by atoms with Gasteiger partial charge in [0.25, 0.3) is 0 Å². The van der Waals surface area contributed by atoms with Crippen molar-refractivity contribution < 1.29 is 0 Å². The van der Waals surface area contributed by atoms with Crippen LogP contribution in [-0.2, 0) is 6.42 Å². The van der Waals surface area contributed by atoms with Crippen LogP contribution < -0.4 is 10.6 Å². The van der Waals surface area contributed by atoms with Crippen molar-refractivity contribution in [2.24, 2.45) is 17.1 Å². The smallest absolute Gasteiger partial charge is 0.0397 e. The Morgan fingerprint density at radius 2 is 2.18 bits per heavy atom. The van der Waals surface area contributed by atoms with Crippen molar-refractivity contribution in [1.29, 1.82) is 0 Å². The molecule has 1 heterocycles. The molecule has 2 nitrogen and oxygen atoms in total. The zero-order chi connectivity index (χ0) is 12.2. The van der Waals surface area contributed by atoms with E-state index in [1.807, 2.05) is 0 Å². The van der Waals surface area contributed by atoms with Gasteiger partial charge in [-0.3, -0.25) is 0 Å². The van der Waals surface area contributed by atoms with E-state index in [4.69, 9.17) is 5.73 Å². The van der Waals surface area contributed by atoms with E-state index in [9.17, 15) is 0 Å². The Morgan fingerprint density at radius 3 is 2.82 bits per heavy atom. The van der Waals surface area contributed by atoms with Gasteiger partial charge >= 0.3 is 0 Å². The van der Waals surface area contributed by atoms with Crippen molar-refractivity contribution in [2.75, 3.05) is 25.0 Å². The molecule has 1 aliphatic heterocycles. The number of rotatable bonds is 2. The Labute approximate surface area is 104 Å². The molecule has 0 bridgehead atoms. The van der Waals surface area contributed by atoms with E-state index in [2.05, 4.69) is 44.0 Å². The topological polar surface area (TPSA) is 29.3 Å². The van der Waals surface area contributed by atoms with Crippen molar-refractivity contribution in [3.8, 4) is 0 Å². The molecule has 0 saturated heterocycles. The zero-order valence-corrected chi connectivity index (χ0v) is 11.0. The van der Waals surface area contributed by atoms with Gasteiger partial charge in [-0.1, -0.05) is 26.0 Å². The normalized spacial score (nSPS) is 29.3. The molecule has 2 aliphatic rings. The SMILES string of the molecule is CN1CCc2cc([C@H]3[C@H](CN)C3(C)C)ccc21. The maximum atomic E-state index is 5.86. The van der Waals surface area contributed by atoms with Crippen LogP contribution >= 0.6 is 0 Å². The maximum Gasteiger partial charge on any atom is 0.0397 e. The Kier molecular flexibility index (Phi) is 2.27. The largest absolute Gasteiger partial charge is 0.374 e. The average Bonchev–Trinajstić information content (AvgIpc) is 2.66. The van der Waals surface area contributed by atoms with Gasteiger partial charge < -0.3 is 10.6 Å². The van der Waals surface area contributed by atoms with Gasteiger partial charge in [-0.15, -0.1) is 0 Å². The first kappa shape index (κ1) is 11.1. The number of hydrogen-bond acceptors (Lipinski definition) is 2. The number of fused-ring (bicyclic) bond motifs is 1. The first-order chi connectivity index (χ1) is 8.05. The summed E-state index contributed by atoms with van der Waals surface area (Å²) in [5.41, 5.74) is 10.7. The standard InChI is InChI=1S/C15H22N2/c1-15(2)12(9-16)14(15)11-4-5-13-10(8-11)6-7-17(13)3/h4-5,8,12,14H,6-7,9,16H2,1-3H3/t12-,14-/m0/s1. The molecule has 1 fully saturated rings. The summed E-state index contributed by atoms with van der Waals surface area (Å²) in [4.78, 5) is 2.34. The Morgan fingerprint density at radius 1 is 1.41 bits per heavy atom. The quantitative estimate of drug-likeness (QED) is 0.845. The molecule has 3 rings (SSSR count). The van der Waals surface area contributed by atoms with Crippen LogP contribution in [0.2, 0.25) is 0 Å². The van der Waals surface area contributed by atoms with Gasteiger partial charge in [0.05, 0.1) is 0 Å². The number of likely N-dealkylation sites (N-methyl/N-ethyl adjacent to an activating group) is 1. The minimum absolute atomic E-state index is 0.396. The molecular formula is C15H22N2. The van der Waals surface area contributed by atoms with Gasteiger partial charge in [0, 0.05) is 19.3 Å². The number of nitrogens with zero attached hydrogens (tertiary/aromatic N) is 1. The van der Waals surface area contributed by atoms with Gasteiger partial charge in [-0.05, 0) is 47.4 Å². The molecule has 1 aromatic rings. The Hall–Kier alpha value is -1.02. The van der Waals surface area contributed by atoms with E-state index < -0.39 is 0 Å². The molecule has 1 saturated carbocycles. The van der Waals surface area contributed by atoms with Gasteiger partial charge in [0.15, 0.2) is 0 Å². The fourth-order valence-electron chi connectivity index (χ4n) is 3.63. The second-order valence-electron chi connectivity index (χ2n) is 6.20. The summed E-state index contributed by atoms with van der Waals surface area (Å²) >= 11 is 0. The second-order valence-corrected chi connectivity index (χ2v) is 6.20. The second kappa shape index (κ2) is 3.49. The molecular weight excluding hydrogens is 208 g/mol. The van der Waals surface area contributed by atoms with Crippen molar-refractivity contribution in [3.05, 3.63) is 29.3 Å². The number of benzene rings is 1. The lowest BCUT2D eigenvalue weighted by atomic mass is 10.00. The molecule has 0 spiro atoms. The summed E-state index contributed by atoms with van der Waals surface area (Å²) < 4.78 is 0. The van der Waals surface area contributed by atoms with Crippen LogP contribution in [0, 0.1) is 11.3 Å². The molecule has 1 aromatic carbocycles. The highest BCUT2D eigenvalue weighted by Crippen LogP contribution is 2.64. The summed E-state index contributed by atoms with van der Waals surface area (Å²) in [7, 11) is 2.18. The monoisotopic (exact) mass is 230 g/mol. The lowest BCUT2D eigenvalue weighted by molar-refractivity contribution is 0.558. The van der Waals surface area contributed by atoms with Crippen LogP contribution in [0.3, 0.4) is 0 Å². The summed E-state index contributed by atoms with van der Waals surface area (Å²) in [5.74, 6) is 1.34. The molecule has 92 valence electrons. The Bertz CT molecular complexity index is 450. The van der Waals surface area contributed by atoms with Crippen molar-refractivity contribution in [2.45, 2.75) is 26.2 Å². The van der Waals surface area contributed by atoms with Crippen molar-refractivity contribution in [1.82, 2.24) is 0 Å². The van der Waals surface area contributed by atoms with Crippen LogP contribution in [0.15, 0.2) is 18.2 Å². The molecule has 2 heteroatoms. The maximum absolute atomic E-state index is 5.86. The van der Waals surface area contributed by atoms with Crippen LogP contribution in [-0.4, -0.2) is 20.1 Å². The predicted molar refractivity (Wildman–Crippen MR) is 72.5 cm³/mol. The number of hydrogen-bond donors (Lipinski definition) is 1. The molecule has 0 amide bonds. The molecule has 2 N–H and O–H groups in total. The fourth-order valence-corrected chi connectivity index (χ4v) is 3.63. The summed E-state index contributed by atoms with van der Waals surface area (Å²) in [6.07, 6.45) is 1.19. The highest BCUT2D eigenvalue weighted by Gasteiger charge is 2.57. The third-order valence-corrected chi connectivity index (χ3v) is 4.89. The minimum Gasteiger partial charge on any atom is -0.374 e. The fraction of sp³-hybridized carbons (Fsp3) is 0.600. The lowest BCUT2D eigenvalue weighted by Crippen LogP contribution is -2.12. The number of anilines is 1. The number of nitrogens with two attached hydrogens (primary N) is 1. The third kappa shape index (κ3) is 1.50. The lowest BCUT2D eigenvalue weighted by Gasteiger charge is -2.12. The predicted octanol–water partition coefficient (Wildman–Crippen LogP) is 2.38. The van der Waals surface area contributed by atoms with Crippen LogP contribution in [0.5, 0.6) is 0 Å². The van der Waals surface area contributed by atoms with Gasteiger partial charge in [-0.2, -0.15) is 0 Å². The van der Waals surface area contributed by atoms with E-state index >= 15 is 0 Å². The van der Waals surface area contributed by atoms with Gasteiger partial charge in [-0.25, -0.2) is 0 Å². The van der Waals surface area contributed by atoms with E-state index in [-0.39, 0.29) is 0 Å². The first-order valence-corrected chi connectivity index (χ1v) is 6.59. The minimum atomic E-state index is 0.396. The van der Waals surface area contributed by atoms with Crippen LogP contribution in [0.25, 0.3) is 0 Å². The summed E-state index contributed by atoms with van der Waals surface area (Å²) in [5, 5.41) is 0. The van der Waals surface area contributed by atoms with Crippen molar-refractivity contribution >= 4 is 5.69 Å². The van der Waals surface area contributed by atoms with E-state index in [0.717, 1.165) is 13.1 Å². The highest BCUT2D eigenvalue weighted by molar-refractivity contribution is 5.59. The van der Waals surface area contributed by atoms with Crippen molar-refractivity contribution in [3.63, 3.8) is 0 Å². The van der Waals surface area contributed by atoms with E-state index in [1.165, 1.54) is 23.2 Å². The van der Waals surface area contributed by atoms with Gasteiger partial charge in [0.2, 0.25) is 0 Å². The molecule has 2 atom stereocenters. The molecule has 1 aliphatic carbocycles. The van der Waals surface area contributed by atoms with Gasteiger partial charge in [0.1, 0.15) is 0 Å². The molecule has 0 aromatic heterocycles.